The molecule has 0 spiro atoms. The second-order valence-electron chi connectivity index (χ2n) is 16.1. The van der Waals surface area contributed by atoms with E-state index in [1.165, 1.54) is 33.9 Å². The molecule has 0 unspecified atom stereocenters. The molecule has 2 heterocycles. The number of fused-ring (bicyclic) bond motifs is 3. The van der Waals surface area contributed by atoms with Crippen LogP contribution in [-0.2, 0) is 0 Å². The molecule has 0 aliphatic carbocycles. The van der Waals surface area contributed by atoms with Gasteiger partial charge in [0.25, 0.3) is 0 Å². The van der Waals surface area contributed by atoms with Crippen molar-refractivity contribution in [1.82, 2.24) is 19.5 Å². The molecule has 9 aromatic carbocycles. The summed E-state index contributed by atoms with van der Waals surface area (Å²) in [6.07, 6.45) is 0. The zero-order valence-electron chi connectivity index (χ0n) is 34.8. The van der Waals surface area contributed by atoms with Gasteiger partial charge in [0.1, 0.15) is 0 Å². The average Bonchev–Trinajstić information content (AvgIpc) is 3.68. The first kappa shape index (κ1) is 38.3. The van der Waals surface area contributed by atoms with Crippen molar-refractivity contribution < 1.29 is 0 Å². The van der Waals surface area contributed by atoms with Crippen LogP contribution in [0.2, 0.25) is 0 Å². The van der Waals surface area contributed by atoms with Crippen LogP contribution in [0.5, 0.6) is 0 Å². The molecule has 2 aromatic heterocycles. The summed E-state index contributed by atoms with van der Waals surface area (Å²) in [6, 6.07) is 85.5. The van der Waals surface area contributed by atoms with E-state index in [1.807, 2.05) is 36.4 Å². The molecule has 0 amide bonds. The summed E-state index contributed by atoms with van der Waals surface area (Å²) in [7, 11) is 0. The van der Waals surface area contributed by atoms with Crippen LogP contribution in [0.25, 0.3) is 72.8 Å². The Morgan fingerprint density at radius 2 is 0.794 bits per heavy atom. The summed E-state index contributed by atoms with van der Waals surface area (Å²) in [6.45, 7) is 2.16. The molecule has 0 saturated heterocycles. The number of para-hydroxylation sites is 1. The van der Waals surface area contributed by atoms with E-state index in [2.05, 4.69) is 212 Å². The molecule has 0 aliphatic rings. The van der Waals surface area contributed by atoms with E-state index in [4.69, 9.17) is 15.0 Å². The molecular formula is C58H42GeN4. The van der Waals surface area contributed by atoms with Crippen LogP contribution in [0.15, 0.2) is 237 Å². The predicted molar refractivity (Wildman–Crippen MR) is 264 cm³/mol. The first-order valence-electron chi connectivity index (χ1n) is 21.4. The second kappa shape index (κ2) is 16.3. The molecule has 4 nitrogen and oxygen atoms in total. The van der Waals surface area contributed by atoms with Crippen molar-refractivity contribution in [1.29, 1.82) is 0 Å². The van der Waals surface area contributed by atoms with Gasteiger partial charge >= 0.3 is 360 Å². The number of aryl methyl sites for hydroxylation is 1. The van der Waals surface area contributed by atoms with E-state index in [-0.39, 0.29) is 0 Å². The maximum atomic E-state index is 5.33. The van der Waals surface area contributed by atoms with E-state index in [0.29, 0.717) is 17.5 Å². The van der Waals surface area contributed by atoms with Crippen molar-refractivity contribution in [3.8, 4) is 51.0 Å². The number of hydrogen-bond donors (Lipinski definition) is 0. The first-order chi connectivity index (χ1) is 31.1. The molecule has 0 aliphatic heterocycles. The quantitative estimate of drug-likeness (QED) is 0.136. The molecule has 5 heteroatoms. The summed E-state index contributed by atoms with van der Waals surface area (Å²) in [4.78, 5) is 15.7. The van der Waals surface area contributed by atoms with Gasteiger partial charge in [-0.1, -0.05) is 12.1 Å². The van der Waals surface area contributed by atoms with Crippen LogP contribution in [0.4, 0.5) is 0 Å². The van der Waals surface area contributed by atoms with Gasteiger partial charge in [0.05, 0.1) is 0 Å². The van der Waals surface area contributed by atoms with E-state index in [0.717, 1.165) is 44.5 Å². The molecular weight excluding hydrogens is 825 g/mol. The monoisotopic (exact) mass is 868 g/mol. The van der Waals surface area contributed by atoms with Crippen LogP contribution in [-0.4, -0.2) is 32.8 Å². The Labute approximate surface area is 370 Å². The van der Waals surface area contributed by atoms with Crippen molar-refractivity contribution in [2.24, 2.45) is 0 Å². The molecule has 0 saturated carbocycles. The molecule has 0 radical (unpaired) electrons. The minimum absolute atomic E-state index is 0.610. The van der Waals surface area contributed by atoms with Gasteiger partial charge in [0.2, 0.25) is 0 Å². The summed E-state index contributed by atoms with van der Waals surface area (Å²) in [5, 5.41) is 2.40. The third-order valence-electron chi connectivity index (χ3n) is 12.3. The fourth-order valence-electron chi connectivity index (χ4n) is 9.36. The van der Waals surface area contributed by atoms with Gasteiger partial charge in [0, 0.05) is 0 Å². The Morgan fingerprint density at radius 3 is 1.38 bits per heavy atom. The van der Waals surface area contributed by atoms with Crippen LogP contribution in [0, 0.1) is 6.92 Å². The van der Waals surface area contributed by atoms with E-state index < -0.39 is 13.3 Å². The van der Waals surface area contributed by atoms with Crippen molar-refractivity contribution in [2.75, 3.05) is 0 Å². The number of hydrogen-bond acceptors (Lipinski definition) is 3. The van der Waals surface area contributed by atoms with Crippen LogP contribution in [0.3, 0.4) is 0 Å². The number of nitrogens with zero attached hydrogens (tertiary/aromatic N) is 4. The van der Waals surface area contributed by atoms with Crippen molar-refractivity contribution >= 4 is 52.7 Å². The molecule has 0 fully saturated rings. The number of aromatic nitrogens is 4. The normalized spacial score (nSPS) is 11.6. The fraction of sp³-hybridized carbons (Fsp3) is 0.0172. The predicted octanol–water partition coefficient (Wildman–Crippen LogP) is 11.3. The molecule has 11 aromatic rings. The topological polar surface area (TPSA) is 43.6 Å². The van der Waals surface area contributed by atoms with Crippen molar-refractivity contribution in [3.63, 3.8) is 0 Å². The molecule has 11 rings (SSSR count). The van der Waals surface area contributed by atoms with Crippen LogP contribution < -0.4 is 17.6 Å². The van der Waals surface area contributed by atoms with Gasteiger partial charge in [-0.25, -0.2) is 0 Å². The van der Waals surface area contributed by atoms with Gasteiger partial charge in [0.15, 0.2) is 0 Å². The Balaban J connectivity index is 1.19. The average molecular weight is 868 g/mol. The third-order valence-corrected chi connectivity index (χ3v) is 22.3. The van der Waals surface area contributed by atoms with E-state index >= 15 is 0 Å². The van der Waals surface area contributed by atoms with Crippen LogP contribution in [0.1, 0.15) is 5.56 Å². The van der Waals surface area contributed by atoms with E-state index in [9.17, 15) is 0 Å². The van der Waals surface area contributed by atoms with Gasteiger partial charge in [-0.2, -0.15) is 0 Å². The van der Waals surface area contributed by atoms with Crippen molar-refractivity contribution in [3.05, 3.63) is 242 Å². The Hall–Kier alpha value is -7.67. The Kier molecular flexibility index (Phi) is 9.91. The summed E-state index contributed by atoms with van der Waals surface area (Å²) in [5.74, 6) is 1.86. The zero-order valence-corrected chi connectivity index (χ0v) is 36.9. The molecule has 63 heavy (non-hydrogen) atoms. The summed E-state index contributed by atoms with van der Waals surface area (Å²) < 4.78 is 7.91. The van der Waals surface area contributed by atoms with Gasteiger partial charge in [-0.15, -0.1) is 0 Å². The Bertz CT molecular complexity index is 3230. The molecule has 298 valence electrons. The van der Waals surface area contributed by atoms with Gasteiger partial charge < -0.3 is 0 Å². The maximum absolute atomic E-state index is 5.33. The van der Waals surface area contributed by atoms with E-state index in [1.54, 1.807) is 0 Å². The standard InChI is InChI=1S/C58H42GeN4/c1-41-34-36-51-50-32-17-18-33-53(50)63(55(51)38-41)54-37-35-45(40-52(54)58-61-56(42-20-7-2-8-21-42)60-57(62-58)43-22-9-3-10-23-43)44-24-19-31-49(39-44)59(46-25-11-4-12-26-46,47-27-13-5-14-28-47)48-29-15-6-16-30-48/h2-40H,1H3. The number of benzene rings is 9. The van der Waals surface area contributed by atoms with Gasteiger partial charge in [-0.3, -0.25) is 0 Å². The molecule has 0 bridgehead atoms. The SMILES string of the molecule is Cc1ccc2c3ccccc3n(-c3ccc(-c4ccc[c]([Ge]([c]5ccccc5)([c]5ccccc5)[c]5ccccc5)c4)cc3-c3nc(-c4ccccc4)nc(-c4ccccc4)n3)c2c1. The van der Waals surface area contributed by atoms with Crippen LogP contribution >= 0.6 is 0 Å². The summed E-state index contributed by atoms with van der Waals surface area (Å²) >= 11 is -3.56. The second-order valence-corrected chi connectivity index (χ2v) is 24.1. The third kappa shape index (κ3) is 6.86. The summed E-state index contributed by atoms with van der Waals surface area (Å²) in [5.41, 5.74) is 9.47. The van der Waals surface area contributed by atoms with Gasteiger partial charge in [-0.05, 0) is 0 Å². The number of rotatable bonds is 9. The fourth-order valence-corrected chi connectivity index (χ4v) is 19.4. The molecule has 0 N–H and O–H groups in total. The Morgan fingerprint density at radius 1 is 0.333 bits per heavy atom. The zero-order chi connectivity index (χ0) is 42.2. The first-order valence-corrected chi connectivity index (χ1v) is 25.6. The minimum atomic E-state index is -3.56. The molecule has 0 atom stereocenters. The van der Waals surface area contributed by atoms with Crippen molar-refractivity contribution in [2.45, 2.75) is 6.92 Å².